The first kappa shape index (κ1) is 17.4. The molecule has 0 saturated carbocycles. The zero-order valence-electron chi connectivity index (χ0n) is 14.0. The number of aromatic nitrogens is 2. The number of benzene rings is 1. The third-order valence-electron chi connectivity index (χ3n) is 3.98. The Balaban J connectivity index is 1.50. The smallest absolute Gasteiger partial charge is 0.251 e. The van der Waals surface area contributed by atoms with E-state index in [1.54, 1.807) is 29.2 Å². The normalized spacial score (nSPS) is 16.0. The Labute approximate surface area is 150 Å². The van der Waals surface area contributed by atoms with E-state index in [4.69, 9.17) is 10.00 Å². The minimum Gasteiger partial charge on any atom is -0.470 e. The minimum atomic E-state index is -0.288. The molecule has 2 heterocycles. The van der Waals surface area contributed by atoms with Crippen LogP contribution < -0.4 is 10.1 Å². The van der Waals surface area contributed by atoms with Crippen molar-refractivity contribution in [1.82, 2.24) is 20.2 Å². The van der Waals surface area contributed by atoms with Gasteiger partial charge in [-0.2, -0.15) is 5.26 Å². The maximum absolute atomic E-state index is 12.3. The molecule has 26 heavy (non-hydrogen) atoms. The first-order chi connectivity index (χ1) is 12.7. The molecule has 1 N–H and O–H groups in total. The Bertz CT molecular complexity index is 834. The summed E-state index contributed by atoms with van der Waals surface area (Å²) in [5, 5.41) is 11.6. The van der Waals surface area contributed by atoms with E-state index >= 15 is 0 Å². The highest BCUT2D eigenvalue weighted by Gasteiger charge is 2.28. The summed E-state index contributed by atoms with van der Waals surface area (Å²) in [6.45, 7) is 0.823. The standard InChI is InChI=1S/C18H17N5O3/c19-10-15-18(21-8-7-20-15)26-14-6-9-23(12-14)16(24)11-22-17(25)13-4-2-1-3-5-13/h1-5,7-8,14H,6,9,11-12H2,(H,22,25). The molecule has 1 fully saturated rings. The lowest BCUT2D eigenvalue weighted by Crippen LogP contribution is -2.39. The van der Waals surface area contributed by atoms with E-state index in [1.165, 1.54) is 12.4 Å². The molecule has 8 heteroatoms. The van der Waals surface area contributed by atoms with Crippen LogP contribution in [-0.4, -0.2) is 52.4 Å². The Kier molecular flexibility index (Phi) is 5.39. The van der Waals surface area contributed by atoms with Crippen LogP contribution in [0.15, 0.2) is 42.7 Å². The van der Waals surface area contributed by atoms with Crippen molar-refractivity contribution in [2.75, 3.05) is 19.6 Å². The molecule has 0 radical (unpaired) electrons. The lowest BCUT2D eigenvalue weighted by Gasteiger charge is -2.17. The third kappa shape index (κ3) is 4.13. The highest BCUT2D eigenvalue weighted by Crippen LogP contribution is 2.18. The van der Waals surface area contributed by atoms with Crippen LogP contribution in [0.5, 0.6) is 5.88 Å². The average molecular weight is 351 g/mol. The summed E-state index contributed by atoms with van der Waals surface area (Å²) in [7, 11) is 0. The summed E-state index contributed by atoms with van der Waals surface area (Å²) in [6.07, 6.45) is 3.24. The Morgan fingerprint density at radius 1 is 1.27 bits per heavy atom. The van der Waals surface area contributed by atoms with Gasteiger partial charge in [0.25, 0.3) is 11.8 Å². The van der Waals surface area contributed by atoms with Gasteiger partial charge in [0.15, 0.2) is 0 Å². The van der Waals surface area contributed by atoms with E-state index in [1.807, 2.05) is 12.1 Å². The van der Waals surface area contributed by atoms with Gasteiger partial charge in [-0.1, -0.05) is 18.2 Å². The highest BCUT2D eigenvalue weighted by molar-refractivity contribution is 5.96. The SMILES string of the molecule is N#Cc1nccnc1OC1CCN(C(=O)CNC(=O)c2ccccc2)C1. The van der Waals surface area contributed by atoms with Crippen molar-refractivity contribution < 1.29 is 14.3 Å². The summed E-state index contributed by atoms with van der Waals surface area (Å²) in [4.78, 5) is 33.8. The summed E-state index contributed by atoms with van der Waals surface area (Å²) in [5.74, 6) is -0.295. The van der Waals surface area contributed by atoms with Crippen molar-refractivity contribution in [2.45, 2.75) is 12.5 Å². The van der Waals surface area contributed by atoms with E-state index < -0.39 is 0 Å². The number of nitriles is 1. The lowest BCUT2D eigenvalue weighted by molar-refractivity contribution is -0.129. The Morgan fingerprint density at radius 3 is 2.81 bits per heavy atom. The van der Waals surface area contributed by atoms with E-state index in [-0.39, 0.29) is 36.0 Å². The van der Waals surface area contributed by atoms with Gasteiger partial charge >= 0.3 is 0 Å². The van der Waals surface area contributed by atoms with Gasteiger partial charge in [0, 0.05) is 30.9 Å². The number of rotatable bonds is 5. The zero-order valence-corrected chi connectivity index (χ0v) is 14.0. The number of ether oxygens (including phenoxy) is 1. The molecule has 2 aromatic rings. The number of hydrogen-bond acceptors (Lipinski definition) is 6. The predicted molar refractivity (Wildman–Crippen MR) is 91.1 cm³/mol. The molecule has 3 rings (SSSR count). The van der Waals surface area contributed by atoms with Crippen molar-refractivity contribution >= 4 is 11.8 Å². The van der Waals surface area contributed by atoms with Gasteiger partial charge in [-0.3, -0.25) is 9.59 Å². The number of nitrogens with one attached hydrogen (secondary N) is 1. The van der Waals surface area contributed by atoms with Gasteiger partial charge in [-0.05, 0) is 12.1 Å². The number of nitrogens with zero attached hydrogens (tertiary/aromatic N) is 4. The van der Waals surface area contributed by atoms with Crippen molar-refractivity contribution in [1.29, 1.82) is 5.26 Å². The number of carbonyl (C=O) groups is 2. The van der Waals surface area contributed by atoms with Gasteiger partial charge < -0.3 is 15.0 Å². The van der Waals surface area contributed by atoms with Crippen LogP contribution in [0.4, 0.5) is 0 Å². The molecule has 1 aliphatic heterocycles. The zero-order chi connectivity index (χ0) is 18.4. The summed E-state index contributed by atoms with van der Waals surface area (Å²) in [6, 6.07) is 10.7. The molecule has 1 aromatic heterocycles. The third-order valence-corrected chi connectivity index (χ3v) is 3.98. The van der Waals surface area contributed by atoms with Gasteiger partial charge in [-0.25, -0.2) is 9.97 Å². The largest absolute Gasteiger partial charge is 0.470 e. The Morgan fingerprint density at radius 2 is 2.04 bits per heavy atom. The lowest BCUT2D eigenvalue weighted by atomic mass is 10.2. The second kappa shape index (κ2) is 8.07. The average Bonchev–Trinajstić information content (AvgIpc) is 3.15. The molecule has 1 aliphatic rings. The maximum Gasteiger partial charge on any atom is 0.251 e. The second-order valence-electron chi connectivity index (χ2n) is 5.74. The molecule has 8 nitrogen and oxygen atoms in total. The molecule has 132 valence electrons. The Hall–Kier alpha value is -3.47. The van der Waals surface area contributed by atoms with Crippen LogP contribution in [0.25, 0.3) is 0 Å². The van der Waals surface area contributed by atoms with Crippen LogP contribution in [0, 0.1) is 11.3 Å². The first-order valence-electron chi connectivity index (χ1n) is 8.16. The summed E-state index contributed by atoms with van der Waals surface area (Å²) in [5.41, 5.74) is 0.627. The van der Waals surface area contributed by atoms with E-state index in [2.05, 4.69) is 15.3 Å². The molecule has 0 spiro atoms. The molecule has 0 bridgehead atoms. The fourth-order valence-electron chi connectivity index (χ4n) is 2.66. The fourth-order valence-corrected chi connectivity index (χ4v) is 2.66. The van der Waals surface area contributed by atoms with Crippen molar-refractivity contribution in [3.8, 4) is 11.9 Å². The molecule has 2 amide bonds. The highest BCUT2D eigenvalue weighted by atomic mass is 16.5. The van der Waals surface area contributed by atoms with E-state index in [0.717, 1.165) is 0 Å². The monoisotopic (exact) mass is 351 g/mol. The molecule has 1 atom stereocenters. The van der Waals surface area contributed by atoms with E-state index in [9.17, 15) is 9.59 Å². The second-order valence-corrected chi connectivity index (χ2v) is 5.74. The maximum atomic E-state index is 12.3. The predicted octanol–water partition coefficient (Wildman–Crippen LogP) is 0.758. The molecule has 1 unspecified atom stereocenters. The first-order valence-corrected chi connectivity index (χ1v) is 8.16. The fraction of sp³-hybridized carbons (Fsp3) is 0.278. The van der Waals surface area contributed by atoms with Crippen molar-refractivity contribution in [3.05, 3.63) is 54.0 Å². The topological polar surface area (TPSA) is 108 Å². The number of carbonyl (C=O) groups excluding carboxylic acids is 2. The minimum absolute atomic E-state index is 0.0744. The van der Waals surface area contributed by atoms with Crippen LogP contribution in [-0.2, 0) is 4.79 Å². The van der Waals surface area contributed by atoms with Gasteiger partial charge in [0.2, 0.25) is 11.6 Å². The number of amides is 2. The number of likely N-dealkylation sites (tertiary alicyclic amines) is 1. The number of hydrogen-bond donors (Lipinski definition) is 1. The molecule has 1 aromatic carbocycles. The van der Waals surface area contributed by atoms with Gasteiger partial charge in [0.05, 0.1) is 13.1 Å². The van der Waals surface area contributed by atoms with Crippen LogP contribution in [0.3, 0.4) is 0 Å². The van der Waals surface area contributed by atoms with Crippen molar-refractivity contribution in [2.24, 2.45) is 0 Å². The summed E-state index contributed by atoms with van der Waals surface area (Å²) < 4.78 is 5.70. The molecule has 0 aliphatic carbocycles. The van der Waals surface area contributed by atoms with Crippen LogP contribution >= 0.6 is 0 Å². The van der Waals surface area contributed by atoms with Crippen LogP contribution in [0.1, 0.15) is 22.5 Å². The molecule has 1 saturated heterocycles. The van der Waals surface area contributed by atoms with E-state index in [0.29, 0.717) is 25.1 Å². The molecular weight excluding hydrogens is 334 g/mol. The van der Waals surface area contributed by atoms with Gasteiger partial charge in [-0.15, -0.1) is 0 Å². The van der Waals surface area contributed by atoms with Gasteiger partial charge in [0.1, 0.15) is 12.2 Å². The van der Waals surface area contributed by atoms with Crippen LogP contribution in [0.2, 0.25) is 0 Å². The quantitative estimate of drug-likeness (QED) is 0.852. The molecular formula is C18H17N5O3. The van der Waals surface area contributed by atoms with Crippen molar-refractivity contribution in [3.63, 3.8) is 0 Å². The summed E-state index contributed by atoms with van der Waals surface area (Å²) >= 11 is 0.